The van der Waals surface area contributed by atoms with Gasteiger partial charge < -0.3 is 5.73 Å². The van der Waals surface area contributed by atoms with Crippen molar-refractivity contribution in [2.24, 2.45) is 11.7 Å². The van der Waals surface area contributed by atoms with Gasteiger partial charge in [-0.25, -0.2) is 0 Å². The lowest BCUT2D eigenvalue weighted by Crippen LogP contribution is -2.31. The van der Waals surface area contributed by atoms with Crippen LogP contribution < -0.4 is 5.73 Å². The number of amidine groups is 1. The number of hydrogen-bond donors (Lipinski definition) is 2. The van der Waals surface area contributed by atoms with Gasteiger partial charge in [0, 0.05) is 38.3 Å². The Morgan fingerprint density at radius 3 is 2.70 bits per heavy atom. The molecule has 1 aromatic rings. The molecule has 20 heavy (non-hydrogen) atoms. The summed E-state index contributed by atoms with van der Waals surface area (Å²) in [4.78, 5) is 2.33. The molecule has 1 unspecified atom stereocenters. The van der Waals surface area contributed by atoms with Crippen molar-refractivity contribution in [2.75, 3.05) is 13.1 Å². The third kappa shape index (κ3) is 5.74. The molecule has 5 heteroatoms. The molecule has 3 N–H and O–H groups in total. The Bertz CT molecular complexity index is 410. The maximum absolute atomic E-state index is 7.37. The Labute approximate surface area is 122 Å². The molecule has 1 rings (SSSR count). The van der Waals surface area contributed by atoms with Gasteiger partial charge >= 0.3 is 0 Å². The zero-order valence-corrected chi connectivity index (χ0v) is 13.3. The highest BCUT2D eigenvalue weighted by atomic mass is 15.3. The number of nitrogens with zero attached hydrogens (tertiary/aromatic N) is 3. The zero-order valence-electron chi connectivity index (χ0n) is 13.3. The molecule has 0 aromatic carbocycles. The Hall–Kier alpha value is -1.36. The predicted molar refractivity (Wildman–Crippen MR) is 83.9 cm³/mol. The second-order valence-corrected chi connectivity index (χ2v) is 5.95. The minimum Gasteiger partial charge on any atom is -0.388 e. The van der Waals surface area contributed by atoms with Crippen LogP contribution in [0.25, 0.3) is 0 Å². The smallest absolute Gasteiger partial charge is 0.0918 e. The van der Waals surface area contributed by atoms with E-state index < -0.39 is 0 Å². The monoisotopic (exact) mass is 279 g/mol. The van der Waals surface area contributed by atoms with Crippen molar-refractivity contribution >= 4 is 5.84 Å². The molecule has 1 heterocycles. The summed E-state index contributed by atoms with van der Waals surface area (Å²) in [5, 5.41) is 12.0. The Morgan fingerprint density at radius 2 is 2.15 bits per heavy atom. The van der Waals surface area contributed by atoms with Gasteiger partial charge in [0.2, 0.25) is 0 Å². The average molecular weight is 279 g/mol. The molecule has 0 saturated carbocycles. The van der Waals surface area contributed by atoms with Gasteiger partial charge in [-0.15, -0.1) is 0 Å². The fraction of sp³-hybridized carbons (Fsp3) is 0.733. The Kier molecular flexibility index (Phi) is 6.71. The van der Waals surface area contributed by atoms with Gasteiger partial charge in [-0.3, -0.25) is 15.0 Å². The van der Waals surface area contributed by atoms with Gasteiger partial charge in [0.15, 0.2) is 0 Å². The van der Waals surface area contributed by atoms with Crippen LogP contribution in [-0.4, -0.2) is 33.6 Å². The van der Waals surface area contributed by atoms with Crippen LogP contribution in [0.5, 0.6) is 0 Å². The van der Waals surface area contributed by atoms with Crippen LogP contribution >= 0.6 is 0 Å². The minimum atomic E-state index is 0.254. The summed E-state index contributed by atoms with van der Waals surface area (Å²) in [6.07, 6.45) is 3.77. The van der Waals surface area contributed by atoms with Crippen molar-refractivity contribution in [3.63, 3.8) is 0 Å². The van der Waals surface area contributed by atoms with Crippen LogP contribution in [0.15, 0.2) is 12.3 Å². The van der Waals surface area contributed by atoms with Crippen LogP contribution in [0.2, 0.25) is 0 Å². The van der Waals surface area contributed by atoms with E-state index in [-0.39, 0.29) is 5.84 Å². The first-order chi connectivity index (χ1) is 9.42. The van der Waals surface area contributed by atoms with Crippen molar-refractivity contribution in [2.45, 2.75) is 53.1 Å². The summed E-state index contributed by atoms with van der Waals surface area (Å²) < 4.78 is 2.04. The maximum atomic E-state index is 7.37. The second kappa shape index (κ2) is 8.04. The lowest BCUT2D eigenvalue weighted by Gasteiger charge is -2.23. The predicted octanol–water partition coefficient (Wildman–Crippen LogP) is 2.64. The molecule has 0 aliphatic carbocycles. The van der Waals surface area contributed by atoms with E-state index in [4.69, 9.17) is 11.1 Å². The molecule has 1 aromatic heterocycles. The molecular formula is C15H29N5. The summed E-state index contributed by atoms with van der Waals surface area (Å²) in [5.41, 5.74) is 6.56. The lowest BCUT2D eigenvalue weighted by molar-refractivity contribution is 0.238. The third-order valence-electron chi connectivity index (χ3n) is 3.41. The molecule has 1 atom stereocenters. The van der Waals surface area contributed by atoms with Gasteiger partial charge in [-0.2, -0.15) is 5.10 Å². The van der Waals surface area contributed by atoms with E-state index in [1.165, 1.54) is 0 Å². The number of nitrogens with two attached hydrogens (primary N) is 1. The average Bonchev–Trinajstić information content (AvgIpc) is 2.82. The van der Waals surface area contributed by atoms with E-state index in [9.17, 15) is 0 Å². The van der Waals surface area contributed by atoms with Gasteiger partial charge in [0.1, 0.15) is 0 Å². The molecule has 0 amide bonds. The van der Waals surface area contributed by atoms with Crippen molar-refractivity contribution in [3.8, 4) is 0 Å². The van der Waals surface area contributed by atoms with Crippen LogP contribution in [0.4, 0.5) is 0 Å². The number of nitrogens with one attached hydrogen (secondary N) is 1. The SMILES string of the molecule is CCC(C)n1ccc(CN(CCC(=N)N)CC(C)C)n1. The zero-order chi connectivity index (χ0) is 15.1. The van der Waals surface area contributed by atoms with Crippen molar-refractivity contribution < 1.29 is 0 Å². The summed E-state index contributed by atoms with van der Waals surface area (Å²) in [5.74, 6) is 0.850. The summed E-state index contributed by atoms with van der Waals surface area (Å²) in [6, 6.07) is 2.53. The lowest BCUT2D eigenvalue weighted by atomic mass is 10.2. The molecule has 5 nitrogen and oxygen atoms in total. The van der Waals surface area contributed by atoms with Crippen LogP contribution in [0.3, 0.4) is 0 Å². The fourth-order valence-corrected chi connectivity index (χ4v) is 2.15. The molecule has 0 fully saturated rings. The summed E-state index contributed by atoms with van der Waals surface area (Å²) >= 11 is 0. The molecule has 0 aliphatic rings. The van der Waals surface area contributed by atoms with E-state index >= 15 is 0 Å². The number of aromatic nitrogens is 2. The van der Waals surface area contributed by atoms with Crippen molar-refractivity contribution in [1.82, 2.24) is 14.7 Å². The highest BCUT2D eigenvalue weighted by Gasteiger charge is 2.11. The van der Waals surface area contributed by atoms with Crippen LogP contribution in [0.1, 0.15) is 52.3 Å². The summed E-state index contributed by atoms with van der Waals surface area (Å²) in [6.45, 7) is 11.4. The van der Waals surface area contributed by atoms with Gasteiger partial charge in [-0.05, 0) is 25.3 Å². The standard InChI is InChI=1S/C15H29N5/c1-5-13(4)20-9-6-14(18-20)11-19(10-12(2)3)8-7-15(16)17/h6,9,12-13H,5,7-8,10-11H2,1-4H3,(H3,16,17). The highest BCUT2D eigenvalue weighted by molar-refractivity contribution is 5.76. The van der Waals surface area contributed by atoms with Gasteiger partial charge in [-0.1, -0.05) is 20.8 Å². The minimum absolute atomic E-state index is 0.254. The Balaban J connectivity index is 2.63. The molecular weight excluding hydrogens is 250 g/mol. The first-order valence-corrected chi connectivity index (χ1v) is 7.51. The topological polar surface area (TPSA) is 70.9 Å². The van der Waals surface area contributed by atoms with Crippen LogP contribution in [0, 0.1) is 11.3 Å². The fourth-order valence-electron chi connectivity index (χ4n) is 2.15. The molecule has 0 bridgehead atoms. The molecule has 0 saturated heterocycles. The third-order valence-corrected chi connectivity index (χ3v) is 3.41. The molecule has 0 radical (unpaired) electrons. The highest BCUT2D eigenvalue weighted by Crippen LogP contribution is 2.11. The van der Waals surface area contributed by atoms with E-state index in [2.05, 4.69) is 50.0 Å². The van der Waals surface area contributed by atoms with E-state index in [0.717, 1.165) is 31.7 Å². The van der Waals surface area contributed by atoms with E-state index in [0.29, 0.717) is 18.4 Å². The second-order valence-electron chi connectivity index (χ2n) is 5.95. The largest absolute Gasteiger partial charge is 0.388 e. The van der Waals surface area contributed by atoms with Gasteiger partial charge in [0.25, 0.3) is 0 Å². The first-order valence-electron chi connectivity index (χ1n) is 7.51. The van der Waals surface area contributed by atoms with E-state index in [1.54, 1.807) is 0 Å². The normalized spacial score (nSPS) is 13.1. The quantitative estimate of drug-likeness (QED) is 0.539. The summed E-state index contributed by atoms with van der Waals surface area (Å²) in [7, 11) is 0. The number of hydrogen-bond acceptors (Lipinski definition) is 3. The Morgan fingerprint density at radius 1 is 1.45 bits per heavy atom. The number of rotatable bonds is 9. The molecule has 0 spiro atoms. The first kappa shape index (κ1) is 16.7. The van der Waals surface area contributed by atoms with Gasteiger partial charge in [0.05, 0.1) is 11.5 Å². The van der Waals surface area contributed by atoms with E-state index in [1.807, 2.05) is 4.68 Å². The molecule has 114 valence electrons. The molecule has 0 aliphatic heterocycles. The van der Waals surface area contributed by atoms with Crippen LogP contribution in [-0.2, 0) is 6.54 Å². The maximum Gasteiger partial charge on any atom is 0.0918 e. The van der Waals surface area contributed by atoms with Crippen molar-refractivity contribution in [3.05, 3.63) is 18.0 Å². The van der Waals surface area contributed by atoms with Crippen molar-refractivity contribution in [1.29, 1.82) is 5.41 Å².